The van der Waals surface area contributed by atoms with Gasteiger partial charge in [0.1, 0.15) is 5.82 Å². The van der Waals surface area contributed by atoms with Crippen LogP contribution in [-0.2, 0) is 5.11 Å². The number of benzene rings is 1. The van der Waals surface area contributed by atoms with E-state index in [1.165, 1.54) is 24.5 Å². The highest BCUT2D eigenvalue weighted by molar-refractivity contribution is 5.72. The number of nitrogens with zero attached hydrogens (tertiary/aromatic N) is 2. The summed E-state index contributed by atoms with van der Waals surface area (Å²) < 4.78 is 0. The van der Waals surface area contributed by atoms with E-state index in [-0.39, 0.29) is 5.56 Å². The van der Waals surface area contributed by atoms with Crippen LogP contribution in [0.4, 0.5) is 5.69 Å². The Hall–Kier alpha value is -2.37. The zero-order valence-corrected chi connectivity index (χ0v) is 7.51. The molecule has 0 atom stereocenters. The lowest BCUT2D eigenvalue weighted by molar-refractivity contribution is -0.385. The van der Waals surface area contributed by atoms with Crippen molar-refractivity contribution in [2.24, 2.45) is 0 Å². The number of imidazole rings is 1. The molecule has 1 N–H and O–H groups in total. The molecule has 6 nitrogen and oxygen atoms in total. The van der Waals surface area contributed by atoms with Gasteiger partial charge in [0, 0.05) is 12.4 Å². The molecule has 2 rings (SSSR count). The average Bonchev–Trinajstić information content (AvgIpc) is 2.69. The van der Waals surface area contributed by atoms with Gasteiger partial charge in [-0.15, -0.1) is 0 Å². The van der Waals surface area contributed by atoms with Crippen LogP contribution in [0.5, 0.6) is 5.75 Å². The molecule has 0 unspecified atom stereocenters. The molecule has 1 aromatic carbocycles. The molecule has 0 saturated carbocycles. The van der Waals surface area contributed by atoms with Crippen molar-refractivity contribution in [2.75, 3.05) is 0 Å². The molecule has 15 heavy (non-hydrogen) atoms. The van der Waals surface area contributed by atoms with E-state index in [0.717, 1.165) is 6.07 Å². The number of hydrogen-bond donors (Lipinski definition) is 1. The molecule has 0 spiro atoms. The standard InChI is InChI=1S/C9H6N3O3/c13-7-3-1-2-6(8(7)12(14)15)9-10-4-5-11-9/h1-5H,(H,10,11). The van der Waals surface area contributed by atoms with Crippen LogP contribution in [0, 0.1) is 10.1 Å². The number of hydrogen-bond acceptors (Lipinski definition) is 3. The number of aromatic amines is 1. The van der Waals surface area contributed by atoms with E-state index >= 15 is 0 Å². The second kappa shape index (κ2) is 3.41. The number of rotatable bonds is 2. The SMILES string of the molecule is [O]c1cccc(-c2ncc[nH]2)c1[N+](=O)[O-]. The molecule has 0 aliphatic rings. The van der Waals surface area contributed by atoms with Crippen molar-refractivity contribution in [3.8, 4) is 17.1 Å². The van der Waals surface area contributed by atoms with Gasteiger partial charge in [0.2, 0.25) is 0 Å². The number of H-pyrrole nitrogens is 1. The molecule has 1 heterocycles. The summed E-state index contributed by atoms with van der Waals surface area (Å²) in [7, 11) is 0. The number of nitro benzene ring substituents is 1. The van der Waals surface area contributed by atoms with Crippen molar-refractivity contribution in [1.82, 2.24) is 9.97 Å². The van der Waals surface area contributed by atoms with Gasteiger partial charge < -0.3 is 4.98 Å². The molecule has 0 bridgehead atoms. The number of nitrogens with one attached hydrogen (secondary N) is 1. The molecule has 0 amide bonds. The second-order valence-corrected chi connectivity index (χ2v) is 2.85. The summed E-state index contributed by atoms with van der Waals surface area (Å²) in [5.41, 5.74) is -0.245. The van der Waals surface area contributed by atoms with E-state index in [2.05, 4.69) is 9.97 Å². The maximum absolute atomic E-state index is 11.3. The molecule has 0 saturated heterocycles. The molecule has 1 radical (unpaired) electrons. The summed E-state index contributed by atoms with van der Waals surface area (Å²) in [5, 5.41) is 22.0. The summed E-state index contributed by atoms with van der Waals surface area (Å²) in [6, 6.07) is 4.11. The van der Waals surface area contributed by atoms with Crippen molar-refractivity contribution < 1.29 is 10.0 Å². The summed E-state index contributed by atoms with van der Waals surface area (Å²) >= 11 is 0. The van der Waals surface area contributed by atoms with Crippen LogP contribution < -0.4 is 0 Å². The van der Waals surface area contributed by atoms with E-state index in [4.69, 9.17) is 0 Å². The highest BCUT2D eigenvalue weighted by Gasteiger charge is 2.22. The minimum Gasteiger partial charge on any atom is -0.344 e. The first-order chi connectivity index (χ1) is 7.20. The molecule has 0 aliphatic heterocycles. The van der Waals surface area contributed by atoms with Crippen molar-refractivity contribution in [1.29, 1.82) is 0 Å². The van der Waals surface area contributed by atoms with E-state index in [0.29, 0.717) is 5.82 Å². The highest BCUT2D eigenvalue weighted by Crippen LogP contribution is 2.35. The number of aromatic nitrogens is 2. The average molecular weight is 204 g/mol. The Morgan fingerprint density at radius 3 is 2.80 bits per heavy atom. The van der Waals surface area contributed by atoms with Crippen molar-refractivity contribution in [2.45, 2.75) is 0 Å². The number of para-hydroxylation sites is 1. The maximum Gasteiger partial charge on any atom is 0.327 e. The van der Waals surface area contributed by atoms with E-state index in [9.17, 15) is 15.2 Å². The fourth-order valence-corrected chi connectivity index (χ4v) is 1.31. The Morgan fingerprint density at radius 2 is 2.20 bits per heavy atom. The number of nitro groups is 1. The maximum atomic E-state index is 11.3. The Bertz CT molecular complexity index is 493. The predicted molar refractivity (Wildman–Crippen MR) is 50.8 cm³/mol. The van der Waals surface area contributed by atoms with Crippen LogP contribution in [0.1, 0.15) is 0 Å². The van der Waals surface area contributed by atoms with Gasteiger partial charge in [-0.2, -0.15) is 0 Å². The van der Waals surface area contributed by atoms with Crippen LogP contribution in [0.2, 0.25) is 0 Å². The van der Waals surface area contributed by atoms with Gasteiger partial charge in [-0.25, -0.2) is 4.98 Å². The third kappa shape index (κ3) is 1.52. The third-order valence-electron chi connectivity index (χ3n) is 1.93. The van der Waals surface area contributed by atoms with Crippen molar-refractivity contribution in [3.05, 3.63) is 40.7 Å². The first-order valence-corrected chi connectivity index (χ1v) is 4.14. The fourth-order valence-electron chi connectivity index (χ4n) is 1.31. The largest absolute Gasteiger partial charge is 0.344 e. The minimum atomic E-state index is -0.694. The molecule has 75 valence electrons. The predicted octanol–water partition coefficient (Wildman–Crippen LogP) is 2.13. The molecule has 2 aromatic rings. The first kappa shape index (κ1) is 9.20. The summed E-state index contributed by atoms with van der Waals surface area (Å²) in [4.78, 5) is 16.6. The molecule has 1 aromatic heterocycles. The summed E-state index contributed by atoms with van der Waals surface area (Å²) in [6.45, 7) is 0. The van der Waals surface area contributed by atoms with Gasteiger partial charge in [0.05, 0.1) is 10.5 Å². The molecular weight excluding hydrogens is 198 g/mol. The Kier molecular flexibility index (Phi) is 2.09. The summed E-state index contributed by atoms with van der Waals surface area (Å²) in [6.07, 6.45) is 3.01. The molecule has 0 fully saturated rings. The second-order valence-electron chi connectivity index (χ2n) is 2.85. The van der Waals surface area contributed by atoms with Gasteiger partial charge >= 0.3 is 5.69 Å². The van der Waals surface area contributed by atoms with Gasteiger partial charge in [0.25, 0.3) is 5.75 Å². The quantitative estimate of drug-likeness (QED) is 0.599. The minimum absolute atomic E-state index is 0.206. The van der Waals surface area contributed by atoms with Gasteiger partial charge in [-0.1, -0.05) is 6.07 Å². The Balaban J connectivity index is 2.66. The molecule has 0 aliphatic carbocycles. The van der Waals surface area contributed by atoms with Crippen LogP contribution in [-0.4, -0.2) is 14.9 Å². The van der Waals surface area contributed by atoms with E-state index in [1.807, 2.05) is 0 Å². The smallest absolute Gasteiger partial charge is 0.327 e. The zero-order chi connectivity index (χ0) is 10.8. The van der Waals surface area contributed by atoms with Crippen LogP contribution in [0.25, 0.3) is 11.4 Å². The fraction of sp³-hybridized carbons (Fsp3) is 0. The highest BCUT2D eigenvalue weighted by atomic mass is 16.6. The van der Waals surface area contributed by atoms with E-state index < -0.39 is 16.4 Å². The molecule has 6 heteroatoms. The topological polar surface area (TPSA) is 91.7 Å². The van der Waals surface area contributed by atoms with Gasteiger partial charge in [-0.05, 0) is 12.1 Å². The Labute approximate surface area is 84.4 Å². The van der Waals surface area contributed by atoms with Crippen LogP contribution in [0.15, 0.2) is 30.6 Å². The lowest BCUT2D eigenvalue weighted by atomic mass is 10.1. The molecular formula is C9H6N3O3. The van der Waals surface area contributed by atoms with Crippen LogP contribution >= 0.6 is 0 Å². The van der Waals surface area contributed by atoms with E-state index in [1.54, 1.807) is 0 Å². The first-order valence-electron chi connectivity index (χ1n) is 4.14. The van der Waals surface area contributed by atoms with Gasteiger partial charge in [-0.3, -0.25) is 15.2 Å². The summed E-state index contributed by atoms with van der Waals surface area (Å²) in [5.74, 6) is -0.298. The van der Waals surface area contributed by atoms with Crippen molar-refractivity contribution >= 4 is 5.69 Å². The lowest BCUT2D eigenvalue weighted by Gasteiger charge is -1.99. The lowest BCUT2D eigenvalue weighted by Crippen LogP contribution is -1.93. The van der Waals surface area contributed by atoms with Crippen molar-refractivity contribution in [3.63, 3.8) is 0 Å². The monoisotopic (exact) mass is 204 g/mol. The Morgan fingerprint density at radius 1 is 1.40 bits per heavy atom. The zero-order valence-electron chi connectivity index (χ0n) is 7.51. The van der Waals surface area contributed by atoms with Gasteiger partial charge in [0.15, 0.2) is 0 Å². The normalized spacial score (nSPS) is 10.1. The third-order valence-corrected chi connectivity index (χ3v) is 1.93. The van der Waals surface area contributed by atoms with Crippen LogP contribution in [0.3, 0.4) is 0 Å².